The molecule has 0 fully saturated rings. The van der Waals surface area contributed by atoms with Gasteiger partial charge in [-0.25, -0.2) is 0 Å². The molecule has 0 aliphatic heterocycles. The molecule has 0 saturated carbocycles. The van der Waals surface area contributed by atoms with E-state index in [-0.39, 0.29) is 31.1 Å². The third kappa shape index (κ3) is 62.6. The van der Waals surface area contributed by atoms with Gasteiger partial charge in [-0.15, -0.1) is 0 Å². The third-order valence-corrected chi connectivity index (χ3v) is 15.5. The van der Waals surface area contributed by atoms with Gasteiger partial charge in [0.1, 0.15) is 13.2 Å². The van der Waals surface area contributed by atoms with Crippen molar-refractivity contribution in [1.82, 2.24) is 0 Å². The lowest BCUT2D eigenvalue weighted by molar-refractivity contribution is -0.167. The minimum Gasteiger partial charge on any atom is -0.462 e. The van der Waals surface area contributed by atoms with E-state index in [0.717, 1.165) is 64.2 Å². The monoisotopic (exact) mass is 1050 g/mol. The van der Waals surface area contributed by atoms with E-state index in [9.17, 15) is 14.4 Å². The Morgan fingerprint density at radius 3 is 0.733 bits per heavy atom. The maximum absolute atomic E-state index is 12.9. The number of hydrogen-bond acceptors (Lipinski definition) is 6. The molecule has 0 amide bonds. The predicted molar refractivity (Wildman–Crippen MR) is 326 cm³/mol. The van der Waals surface area contributed by atoms with Crippen LogP contribution in [0.5, 0.6) is 0 Å². The van der Waals surface area contributed by atoms with E-state index in [2.05, 4.69) is 45.1 Å². The molecule has 0 radical (unpaired) electrons. The van der Waals surface area contributed by atoms with Gasteiger partial charge in [0.2, 0.25) is 0 Å². The molecule has 0 N–H and O–H groups in total. The van der Waals surface area contributed by atoms with E-state index in [1.807, 2.05) is 0 Å². The van der Waals surface area contributed by atoms with E-state index < -0.39 is 6.10 Å². The molecule has 442 valence electrons. The first kappa shape index (κ1) is 72.9. The highest BCUT2D eigenvalue weighted by Gasteiger charge is 2.19. The SMILES string of the molecule is CCCCCCC/C=C\C/C=C\CCCCCCCCCCCCCCCCCCCCCC(=O)OCC(COC(=O)CCCCCCCCCCCCCCC)OC(=O)CCCCCCCCCCCCCCC. The van der Waals surface area contributed by atoms with Gasteiger partial charge >= 0.3 is 17.9 Å². The van der Waals surface area contributed by atoms with Crippen LogP contribution in [0.3, 0.4) is 0 Å². The summed E-state index contributed by atoms with van der Waals surface area (Å²) >= 11 is 0. The summed E-state index contributed by atoms with van der Waals surface area (Å²) in [6.07, 6.45) is 77.8. The summed E-state index contributed by atoms with van der Waals surface area (Å²) in [7, 11) is 0. The number of ether oxygens (including phenoxy) is 3. The van der Waals surface area contributed by atoms with Gasteiger partial charge < -0.3 is 14.2 Å². The molecule has 0 aliphatic rings. The van der Waals surface area contributed by atoms with Gasteiger partial charge in [-0.2, -0.15) is 0 Å². The summed E-state index contributed by atoms with van der Waals surface area (Å²) in [5.74, 6) is -0.834. The lowest BCUT2D eigenvalue weighted by Crippen LogP contribution is -2.30. The molecule has 0 aromatic heterocycles. The van der Waals surface area contributed by atoms with Gasteiger partial charge in [-0.05, 0) is 51.4 Å². The van der Waals surface area contributed by atoms with Crippen molar-refractivity contribution in [1.29, 1.82) is 0 Å². The lowest BCUT2D eigenvalue weighted by Gasteiger charge is -2.18. The standard InChI is InChI=1S/C69H130O6/c1-4-7-10-13-16-19-22-25-26-27-28-29-30-31-32-33-34-35-36-37-38-39-40-41-42-45-47-50-53-56-59-62-68(71)74-65-66(75-69(72)63-60-57-54-51-48-44-24-21-18-15-12-9-6-3)64-73-67(70)61-58-55-52-49-46-43-23-20-17-14-11-8-5-2/h22,25,27-28,66H,4-21,23-24,26,29-65H2,1-3H3/b25-22-,28-27-. The Morgan fingerprint density at radius 1 is 0.267 bits per heavy atom. The van der Waals surface area contributed by atoms with E-state index in [1.54, 1.807) is 0 Å². The normalized spacial score (nSPS) is 12.1. The van der Waals surface area contributed by atoms with Crippen molar-refractivity contribution in [3.8, 4) is 0 Å². The highest BCUT2D eigenvalue weighted by molar-refractivity contribution is 5.71. The molecule has 75 heavy (non-hydrogen) atoms. The zero-order chi connectivity index (χ0) is 54.3. The van der Waals surface area contributed by atoms with Crippen molar-refractivity contribution in [3.05, 3.63) is 24.3 Å². The summed E-state index contributed by atoms with van der Waals surface area (Å²) in [6, 6.07) is 0. The Labute approximate surface area is 468 Å². The van der Waals surface area contributed by atoms with Crippen LogP contribution in [0.25, 0.3) is 0 Å². The number of esters is 3. The number of hydrogen-bond donors (Lipinski definition) is 0. The second-order valence-corrected chi connectivity index (χ2v) is 23.1. The Morgan fingerprint density at radius 2 is 0.480 bits per heavy atom. The number of carbonyl (C=O) groups excluding carboxylic acids is 3. The van der Waals surface area contributed by atoms with Crippen LogP contribution < -0.4 is 0 Å². The number of unbranched alkanes of at least 4 members (excludes halogenated alkanes) is 48. The minimum atomic E-state index is -0.764. The first-order chi connectivity index (χ1) is 37.0. The predicted octanol–water partition coefficient (Wildman–Crippen LogP) is 23.0. The van der Waals surface area contributed by atoms with Crippen molar-refractivity contribution < 1.29 is 28.6 Å². The summed E-state index contributed by atoms with van der Waals surface area (Å²) in [5.41, 5.74) is 0. The van der Waals surface area contributed by atoms with E-state index in [0.29, 0.717) is 19.3 Å². The van der Waals surface area contributed by atoms with Crippen LogP contribution in [-0.4, -0.2) is 37.2 Å². The maximum atomic E-state index is 12.9. The summed E-state index contributed by atoms with van der Waals surface area (Å²) < 4.78 is 16.9. The Kier molecular flexibility index (Phi) is 62.6. The molecule has 1 unspecified atom stereocenters. The van der Waals surface area contributed by atoms with Gasteiger partial charge in [0.15, 0.2) is 6.10 Å². The molecule has 0 rings (SSSR count). The Bertz CT molecular complexity index is 1210. The second kappa shape index (κ2) is 64.4. The van der Waals surface area contributed by atoms with Crippen LogP contribution in [0.15, 0.2) is 24.3 Å². The first-order valence-electron chi connectivity index (χ1n) is 33.8. The highest BCUT2D eigenvalue weighted by atomic mass is 16.6. The fourth-order valence-corrected chi connectivity index (χ4v) is 10.4. The fourth-order valence-electron chi connectivity index (χ4n) is 10.4. The molecule has 0 aromatic rings. The number of allylic oxidation sites excluding steroid dienone is 4. The van der Waals surface area contributed by atoms with Gasteiger partial charge in [0.05, 0.1) is 0 Å². The average Bonchev–Trinajstić information content (AvgIpc) is 3.41. The fraction of sp³-hybridized carbons (Fsp3) is 0.899. The van der Waals surface area contributed by atoms with Crippen LogP contribution in [0.2, 0.25) is 0 Å². The first-order valence-corrected chi connectivity index (χ1v) is 33.8. The minimum absolute atomic E-state index is 0.0634. The average molecular weight is 1060 g/mol. The summed E-state index contributed by atoms with van der Waals surface area (Å²) in [5, 5.41) is 0. The Balaban J connectivity index is 4.08. The van der Waals surface area contributed by atoms with Gasteiger partial charge in [0.25, 0.3) is 0 Å². The van der Waals surface area contributed by atoms with Crippen LogP contribution in [-0.2, 0) is 28.6 Å². The zero-order valence-corrected chi connectivity index (χ0v) is 50.8. The van der Waals surface area contributed by atoms with E-state index in [4.69, 9.17) is 14.2 Å². The molecule has 0 aliphatic carbocycles. The quantitative estimate of drug-likeness (QED) is 0.0261. The van der Waals surface area contributed by atoms with E-state index in [1.165, 1.54) is 276 Å². The number of rotatable bonds is 63. The molecule has 0 aromatic carbocycles. The maximum Gasteiger partial charge on any atom is 0.306 e. The van der Waals surface area contributed by atoms with Crippen molar-refractivity contribution >= 4 is 17.9 Å². The van der Waals surface area contributed by atoms with Crippen molar-refractivity contribution in [2.75, 3.05) is 13.2 Å². The molecule has 0 spiro atoms. The largest absolute Gasteiger partial charge is 0.462 e. The molecule has 1 atom stereocenters. The van der Waals surface area contributed by atoms with Crippen LogP contribution in [0.1, 0.15) is 380 Å². The molecule has 6 nitrogen and oxygen atoms in total. The number of carbonyl (C=O) groups is 3. The van der Waals surface area contributed by atoms with Gasteiger partial charge in [0, 0.05) is 19.3 Å². The van der Waals surface area contributed by atoms with Crippen LogP contribution >= 0.6 is 0 Å². The molecular weight excluding hydrogens is 925 g/mol. The summed E-state index contributed by atoms with van der Waals surface area (Å²) in [6.45, 7) is 6.69. The van der Waals surface area contributed by atoms with Gasteiger partial charge in [-0.3, -0.25) is 14.4 Å². The van der Waals surface area contributed by atoms with E-state index >= 15 is 0 Å². The smallest absolute Gasteiger partial charge is 0.306 e. The van der Waals surface area contributed by atoms with Crippen molar-refractivity contribution in [2.24, 2.45) is 0 Å². The van der Waals surface area contributed by atoms with Crippen LogP contribution in [0.4, 0.5) is 0 Å². The topological polar surface area (TPSA) is 78.9 Å². The third-order valence-electron chi connectivity index (χ3n) is 15.5. The van der Waals surface area contributed by atoms with Gasteiger partial charge in [-0.1, -0.05) is 334 Å². The van der Waals surface area contributed by atoms with Crippen molar-refractivity contribution in [2.45, 2.75) is 386 Å². The molecule has 6 heteroatoms. The molecule has 0 bridgehead atoms. The van der Waals surface area contributed by atoms with Crippen molar-refractivity contribution in [3.63, 3.8) is 0 Å². The zero-order valence-electron chi connectivity index (χ0n) is 50.8. The molecule has 0 heterocycles. The molecular formula is C69H130O6. The van der Waals surface area contributed by atoms with Crippen LogP contribution in [0, 0.1) is 0 Å². The molecule has 0 saturated heterocycles. The Hall–Kier alpha value is -2.11. The second-order valence-electron chi connectivity index (χ2n) is 23.1. The lowest BCUT2D eigenvalue weighted by atomic mass is 10.0. The highest BCUT2D eigenvalue weighted by Crippen LogP contribution is 2.18. The summed E-state index contributed by atoms with van der Waals surface area (Å²) in [4.78, 5) is 38.2.